The number of nitrogens with zero attached hydrogens (tertiary/aromatic N) is 2. The van der Waals surface area contributed by atoms with Gasteiger partial charge < -0.3 is 14.8 Å². The van der Waals surface area contributed by atoms with Gasteiger partial charge in [0.15, 0.2) is 11.5 Å². The Kier molecular flexibility index (Phi) is 6.94. The fourth-order valence-electron chi connectivity index (χ4n) is 2.55. The Morgan fingerprint density at radius 2 is 2.04 bits per heavy atom. The van der Waals surface area contributed by atoms with E-state index in [4.69, 9.17) is 4.74 Å². The van der Waals surface area contributed by atoms with Crippen LogP contribution < -0.4 is 14.8 Å². The minimum atomic E-state index is -2.96. The SMILES string of the molecule is CCOc1cc(C(=O)NCCCn2nc(C)cc2C)ccc1OC(F)F. The Labute approximate surface area is 151 Å². The van der Waals surface area contributed by atoms with Gasteiger partial charge in [0.2, 0.25) is 0 Å². The Morgan fingerprint density at radius 1 is 1.27 bits per heavy atom. The number of ether oxygens (including phenoxy) is 2. The average Bonchev–Trinajstić information content (AvgIpc) is 2.90. The van der Waals surface area contributed by atoms with Crippen molar-refractivity contribution in [1.29, 1.82) is 0 Å². The third kappa shape index (κ3) is 5.44. The molecule has 0 saturated carbocycles. The molecule has 0 saturated heterocycles. The number of aromatic nitrogens is 2. The maximum atomic E-state index is 12.4. The lowest BCUT2D eigenvalue weighted by Gasteiger charge is -2.13. The zero-order valence-electron chi connectivity index (χ0n) is 15.1. The number of carbonyl (C=O) groups excluding carboxylic acids is 1. The van der Waals surface area contributed by atoms with Gasteiger partial charge in [0.05, 0.1) is 12.3 Å². The van der Waals surface area contributed by atoms with E-state index in [-0.39, 0.29) is 24.0 Å². The second-order valence-electron chi connectivity index (χ2n) is 5.73. The summed E-state index contributed by atoms with van der Waals surface area (Å²) in [6, 6.07) is 6.13. The van der Waals surface area contributed by atoms with Crippen LogP contribution in [0.1, 0.15) is 35.1 Å². The highest BCUT2D eigenvalue weighted by Gasteiger charge is 2.14. The fourth-order valence-corrected chi connectivity index (χ4v) is 2.55. The van der Waals surface area contributed by atoms with Crippen molar-refractivity contribution in [2.75, 3.05) is 13.2 Å². The molecule has 0 aliphatic carbocycles. The van der Waals surface area contributed by atoms with Gasteiger partial charge in [0.1, 0.15) is 0 Å². The van der Waals surface area contributed by atoms with Crippen LogP contribution in [0.15, 0.2) is 24.3 Å². The minimum absolute atomic E-state index is 0.0945. The standard InChI is InChI=1S/C18H23F2N3O3/c1-4-25-16-11-14(6-7-15(16)26-18(19)20)17(24)21-8-5-9-23-13(3)10-12(2)22-23/h6-7,10-11,18H,4-5,8-9H2,1-3H3,(H,21,24). The van der Waals surface area contributed by atoms with Crippen molar-refractivity contribution in [3.8, 4) is 11.5 Å². The summed E-state index contributed by atoms with van der Waals surface area (Å²) in [7, 11) is 0. The average molecular weight is 367 g/mol. The van der Waals surface area contributed by atoms with Crippen molar-refractivity contribution in [1.82, 2.24) is 15.1 Å². The van der Waals surface area contributed by atoms with Gasteiger partial charge in [-0.05, 0) is 51.5 Å². The molecule has 0 aliphatic heterocycles. The molecule has 8 heteroatoms. The Balaban J connectivity index is 1.91. The van der Waals surface area contributed by atoms with Crippen LogP contribution in [-0.2, 0) is 6.54 Å². The van der Waals surface area contributed by atoms with Gasteiger partial charge in [0.25, 0.3) is 5.91 Å². The molecule has 0 spiro atoms. The first-order chi connectivity index (χ1) is 12.4. The van der Waals surface area contributed by atoms with E-state index in [1.54, 1.807) is 6.92 Å². The lowest BCUT2D eigenvalue weighted by atomic mass is 10.2. The van der Waals surface area contributed by atoms with Crippen molar-refractivity contribution in [3.63, 3.8) is 0 Å². The third-order valence-electron chi connectivity index (χ3n) is 3.66. The molecular weight excluding hydrogens is 344 g/mol. The largest absolute Gasteiger partial charge is 0.490 e. The van der Waals surface area contributed by atoms with E-state index < -0.39 is 6.61 Å². The molecule has 1 aromatic heterocycles. The van der Waals surface area contributed by atoms with Crippen LogP contribution in [0.2, 0.25) is 0 Å². The number of carbonyl (C=O) groups is 1. The molecule has 0 unspecified atom stereocenters. The number of rotatable bonds is 9. The quantitative estimate of drug-likeness (QED) is 0.691. The second-order valence-corrected chi connectivity index (χ2v) is 5.73. The first kappa shape index (κ1) is 19.7. The van der Waals surface area contributed by atoms with Crippen LogP contribution in [0.5, 0.6) is 11.5 Å². The van der Waals surface area contributed by atoms with Gasteiger partial charge in [-0.1, -0.05) is 0 Å². The summed E-state index contributed by atoms with van der Waals surface area (Å²) in [5.41, 5.74) is 2.35. The van der Waals surface area contributed by atoms with Crippen molar-refractivity contribution >= 4 is 5.91 Å². The van der Waals surface area contributed by atoms with Crippen molar-refractivity contribution in [2.45, 2.75) is 40.3 Å². The fraction of sp³-hybridized carbons (Fsp3) is 0.444. The highest BCUT2D eigenvalue weighted by atomic mass is 19.3. The van der Waals surface area contributed by atoms with E-state index >= 15 is 0 Å². The Morgan fingerprint density at radius 3 is 2.65 bits per heavy atom. The highest BCUT2D eigenvalue weighted by Crippen LogP contribution is 2.29. The lowest BCUT2D eigenvalue weighted by Crippen LogP contribution is -2.25. The molecule has 0 fully saturated rings. The molecule has 0 aliphatic rings. The number of halogens is 2. The van der Waals surface area contributed by atoms with Crippen molar-refractivity contribution < 1.29 is 23.0 Å². The molecule has 1 N–H and O–H groups in total. The number of hydrogen-bond acceptors (Lipinski definition) is 4. The van der Waals surface area contributed by atoms with Crippen molar-refractivity contribution in [3.05, 3.63) is 41.2 Å². The summed E-state index contributed by atoms with van der Waals surface area (Å²) in [6.07, 6.45) is 0.721. The topological polar surface area (TPSA) is 65.4 Å². The summed E-state index contributed by atoms with van der Waals surface area (Å²) < 4.78 is 36.4. The zero-order chi connectivity index (χ0) is 19.1. The summed E-state index contributed by atoms with van der Waals surface area (Å²) in [5, 5.41) is 7.16. The molecule has 0 atom stereocenters. The first-order valence-corrected chi connectivity index (χ1v) is 8.41. The number of benzene rings is 1. The smallest absolute Gasteiger partial charge is 0.387 e. The van der Waals surface area contributed by atoms with Gasteiger partial charge in [-0.3, -0.25) is 9.48 Å². The van der Waals surface area contributed by atoms with E-state index in [1.165, 1.54) is 18.2 Å². The molecule has 1 heterocycles. The molecule has 1 aromatic carbocycles. The molecule has 2 rings (SSSR count). The summed E-state index contributed by atoms with van der Waals surface area (Å²) in [4.78, 5) is 12.2. The molecule has 26 heavy (non-hydrogen) atoms. The number of hydrogen-bond donors (Lipinski definition) is 1. The van der Waals surface area contributed by atoms with Gasteiger partial charge in [0, 0.05) is 24.3 Å². The van der Waals surface area contributed by atoms with Gasteiger partial charge >= 0.3 is 6.61 Å². The summed E-state index contributed by atoms with van der Waals surface area (Å²) in [6.45, 7) is 4.12. The maximum Gasteiger partial charge on any atom is 0.387 e. The molecule has 0 bridgehead atoms. The van der Waals surface area contributed by atoms with Crippen LogP contribution in [0.25, 0.3) is 0 Å². The van der Waals surface area contributed by atoms with Crippen molar-refractivity contribution in [2.24, 2.45) is 0 Å². The van der Waals surface area contributed by atoms with E-state index in [2.05, 4.69) is 15.2 Å². The van der Waals surface area contributed by atoms with Crippen LogP contribution in [0, 0.1) is 13.8 Å². The van der Waals surface area contributed by atoms with Crippen LogP contribution in [0.4, 0.5) is 8.78 Å². The molecule has 0 radical (unpaired) electrons. The predicted molar refractivity (Wildman–Crippen MR) is 92.9 cm³/mol. The molecule has 2 aromatic rings. The predicted octanol–water partition coefficient (Wildman–Crippen LogP) is 3.32. The van der Waals surface area contributed by atoms with Gasteiger partial charge in [-0.2, -0.15) is 13.9 Å². The third-order valence-corrected chi connectivity index (χ3v) is 3.66. The number of amides is 1. The number of alkyl halides is 2. The van der Waals surface area contributed by atoms with E-state index in [0.29, 0.717) is 18.7 Å². The lowest BCUT2D eigenvalue weighted by molar-refractivity contribution is -0.0514. The van der Waals surface area contributed by atoms with Crippen LogP contribution in [0.3, 0.4) is 0 Å². The molecule has 6 nitrogen and oxygen atoms in total. The number of aryl methyl sites for hydroxylation is 3. The summed E-state index contributed by atoms with van der Waals surface area (Å²) in [5.74, 6) is -0.283. The minimum Gasteiger partial charge on any atom is -0.490 e. The molecular formula is C18H23F2N3O3. The molecule has 1 amide bonds. The molecule has 142 valence electrons. The van der Waals surface area contributed by atoms with Gasteiger partial charge in [-0.25, -0.2) is 0 Å². The highest BCUT2D eigenvalue weighted by molar-refractivity contribution is 5.94. The van der Waals surface area contributed by atoms with Crippen LogP contribution in [-0.4, -0.2) is 35.5 Å². The Bertz CT molecular complexity index is 747. The monoisotopic (exact) mass is 367 g/mol. The summed E-state index contributed by atoms with van der Waals surface area (Å²) >= 11 is 0. The van der Waals surface area contributed by atoms with E-state index in [0.717, 1.165) is 17.8 Å². The second kappa shape index (κ2) is 9.17. The first-order valence-electron chi connectivity index (χ1n) is 8.41. The van der Waals surface area contributed by atoms with Crippen LogP contribution >= 0.6 is 0 Å². The number of nitrogens with one attached hydrogen (secondary N) is 1. The van der Waals surface area contributed by atoms with E-state index in [9.17, 15) is 13.6 Å². The van der Waals surface area contributed by atoms with Gasteiger partial charge in [-0.15, -0.1) is 0 Å². The van der Waals surface area contributed by atoms with E-state index in [1.807, 2.05) is 24.6 Å². The maximum absolute atomic E-state index is 12.4. The normalized spacial score (nSPS) is 10.8. The zero-order valence-corrected chi connectivity index (χ0v) is 15.1. The Hall–Kier alpha value is -2.64.